The van der Waals surface area contributed by atoms with Crippen LogP contribution in [0.5, 0.6) is 5.75 Å². The molecule has 0 unspecified atom stereocenters. The van der Waals surface area contributed by atoms with Crippen LogP contribution in [0, 0.1) is 6.92 Å². The van der Waals surface area contributed by atoms with Crippen molar-refractivity contribution in [3.63, 3.8) is 0 Å². The third-order valence-electron chi connectivity index (χ3n) is 5.94. The number of hydrogen-bond acceptors (Lipinski definition) is 4. The van der Waals surface area contributed by atoms with Crippen LogP contribution in [0.2, 0.25) is 0 Å². The van der Waals surface area contributed by atoms with E-state index in [1.165, 1.54) is 6.42 Å². The molecule has 152 valence electrons. The maximum Gasteiger partial charge on any atom is 0.255 e. The standard InChI is InChI=1S/C24H28N2O3/c1-16-8-6-7-13-26(16)15-19-20(27)11-12-21-23(19)22(17(2)29-21)24(28)25-14-18-9-4-3-5-10-18/h3-5,9-12,16,27H,6-8,13-15H2,1-2H3,(H,25,28)/t16-/m1/s1. The van der Waals surface area contributed by atoms with Gasteiger partial charge in [-0.15, -0.1) is 0 Å². The molecule has 1 aliphatic heterocycles. The fraction of sp³-hybridized carbons (Fsp3) is 0.375. The molecule has 5 heteroatoms. The number of fused-ring (bicyclic) bond motifs is 1. The Morgan fingerprint density at radius 1 is 1.21 bits per heavy atom. The summed E-state index contributed by atoms with van der Waals surface area (Å²) in [7, 11) is 0. The van der Waals surface area contributed by atoms with Gasteiger partial charge in [-0.2, -0.15) is 0 Å². The third kappa shape index (κ3) is 4.01. The highest BCUT2D eigenvalue weighted by Crippen LogP contribution is 2.35. The highest BCUT2D eigenvalue weighted by molar-refractivity contribution is 6.08. The number of hydrogen-bond donors (Lipinski definition) is 2. The first-order valence-corrected chi connectivity index (χ1v) is 10.3. The van der Waals surface area contributed by atoms with Gasteiger partial charge in [-0.1, -0.05) is 36.8 Å². The second-order valence-electron chi connectivity index (χ2n) is 7.95. The van der Waals surface area contributed by atoms with Crippen LogP contribution in [0.4, 0.5) is 0 Å². The lowest BCUT2D eigenvalue weighted by Crippen LogP contribution is -2.36. The van der Waals surface area contributed by atoms with Crippen LogP contribution < -0.4 is 5.32 Å². The molecule has 0 spiro atoms. The highest BCUT2D eigenvalue weighted by atomic mass is 16.3. The summed E-state index contributed by atoms with van der Waals surface area (Å²) in [5.41, 5.74) is 2.98. The monoisotopic (exact) mass is 392 g/mol. The zero-order valence-electron chi connectivity index (χ0n) is 17.1. The van der Waals surface area contributed by atoms with Crippen molar-refractivity contribution in [2.45, 2.75) is 52.2 Å². The zero-order valence-corrected chi connectivity index (χ0v) is 17.1. The van der Waals surface area contributed by atoms with E-state index in [1.54, 1.807) is 12.1 Å². The van der Waals surface area contributed by atoms with Crippen molar-refractivity contribution in [2.75, 3.05) is 6.54 Å². The fourth-order valence-electron chi connectivity index (χ4n) is 4.26. The van der Waals surface area contributed by atoms with E-state index >= 15 is 0 Å². The number of nitrogens with one attached hydrogen (secondary N) is 1. The molecule has 0 bridgehead atoms. The number of furan rings is 1. The molecule has 0 radical (unpaired) electrons. The van der Waals surface area contributed by atoms with E-state index in [0.717, 1.165) is 35.9 Å². The molecule has 3 aromatic rings. The average Bonchev–Trinajstić information content (AvgIpc) is 3.07. The average molecular weight is 392 g/mol. The van der Waals surface area contributed by atoms with Gasteiger partial charge in [0.15, 0.2) is 0 Å². The number of phenolic OH excluding ortho intramolecular Hbond substituents is 1. The molecular formula is C24H28N2O3. The quantitative estimate of drug-likeness (QED) is 0.658. The van der Waals surface area contributed by atoms with Crippen molar-refractivity contribution in [1.82, 2.24) is 10.2 Å². The van der Waals surface area contributed by atoms with Crippen molar-refractivity contribution < 1.29 is 14.3 Å². The van der Waals surface area contributed by atoms with E-state index < -0.39 is 0 Å². The molecule has 0 saturated carbocycles. The fourth-order valence-corrected chi connectivity index (χ4v) is 4.26. The molecule has 4 rings (SSSR count). The van der Waals surface area contributed by atoms with Crippen molar-refractivity contribution in [3.8, 4) is 5.75 Å². The van der Waals surface area contributed by atoms with E-state index in [1.807, 2.05) is 37.3 Å². The zero-order chi connectivity index (χ0) is 20.4. The topological polar surface area (TPSA) is 65.7 Å². The second-order valence-corrected chi connectivity index (χ2v) is 7.95. The van der Waals surface area contributed by atoms with Crippen LogP contribution in [0.15, 0.2) is 46.9 Å². The summed E-state index contributed by atoms with van der Waals surface area (Å²) >= 11 is 0. The van der Waals surface area contributed by atoms with Gasteiger partial charge in [0.25, 0.3) is 5.91 Å². The molecule has 2 N–H and O–H groups in total. The first kappa shape index (κ1) is 19.5. The Labute approximate surface area is 171 Å². The molecule has 29 heavy (non-hydrogen) atoms. The molecule has 0 aliphatic carbocycles. The summed E-state index contributed by atoms with van der Waals surface area (Å²) in [5.74, 6) is 0.612. The number of aromatic hydroxyl groups is 1. The largest absolute Gasteiger partial charge is 0.508 e. The first-order chi connectivity index (χ1) is 14.0. The minimum Gasteiger partial charge on any atom is -0.508 e. The Hall–Kier alpha value is -2.79. The molecule has 2 aromatic carbocycles. The van der Waals surface area contributed by atoms with Crippen molar-refractivity contribution in [1.29, 1.82) is 0 Å². The number of likely N-dealkylation sites (tertiary alicyclic amines) is 1. The van der Waals surface area contributed by atoms with Crippen LogP contribution in [0.1, 0.15) is 53.4 Å². The van der Waals surface area contributed by atoms with E-state index in [4.69, 9.17) is 4.42 Å². The number of benzene rings is 2. The number of piperidine rings is 1. The van der Waals surface area contributed by atoms with Gasteiger partial charge < -0.3 is 14.8 Å². The second kappa shape index (κ2) is 8.29. The van der Waals surface area contributed by atoms with Crippen molar-refractivity contribution in [2.24, 2.45) is 0 Å². The van der Waals surface area contributed by atoms with Gasteiger partial charge in [-0.25, -0.2) is 0 Å². The third-order valence-corrected chi connectivity index (χ3v) is 5.94. The Kier molecular flexibility index (Phi) is 5.58. The number of amides is 1. The first-order valence-electron chi connectivity index (χ1n) is 10.3. The normalized spacial score (nSPS) is 17.5. The van der Waals surface area contributed by atoms with E-state index in [9.17, 15) is 9.90 Å². The van der Waals surface area contributed by atoms with E-state index in [-0.39, 0.29) is 11.7 Å². The number of nitrogens with zero attached hydrogens (tertiary/aromatic N) is 1. The minimum atomic E-state index is -0.177. The van der Waals surface area contributed by atoms with Gasteiger partial charge in [-0.05, 0) is 50.9 Å². The molecule has 5 nitrogen and oxygen atoms in total. The van der Waals surface area contributed by atoms with Crippen LogP contribution in [-0.2, 0) is 13.1 Å². The molecule has 1 amide bonds. The summed E-state index contributed by atoms with van der Waals surface area (Å²) in [5, 5.41) is 14.4. The summed E-state index contributed by atoms with van der Waals surface area (Å²) in [6.07, 6.45) is 3.56. The Morgan fingerprint density at radius 3 is 2.76 bits per heavy atom. The lowest BCUT2D eigenvalue weighted by molar-refractivity contribution is 0.0950. The minimum absolute atomic E-state index is 0.177. The molecule has 1 aromatic heterocycles. The van der Waals surface area contributed by atoms with Crippen LogP contribution in [0.3, 0.4) is 0 Å². The van der Waals surface area contributed by atoms with Gasteiger partial charge in [0.1, 0.15) is 17.1 Å². The highest BCUT2D eigenvalue weighted by Gasteiger charge is 2.26. The summed E-state index contributed by atoms with van der Waals surface area (Å²) in [4.78, 5) is 15.4. The molecule has 1 saturated heterocycles. The number of aryl methyl sites for hydroxylation is 1. The van der Waals surface area contributed by atoms with E-state index in [2.05, 4.69) is 17.1 Å². The van der Waals surface area contributed by atoms with Crippen molar-refractivity contribution >= 4 is 16.9 Å². The molecule has 1 atom stereocenters. The van der Waals surface area contributed by atoms with Crippen LogP contribution in [-0.4, -0.2) is 28.5 Å². The predicted molar refractivity (Wildman–Crippen MR) is 114 cm³/mol. The lowest BCUT2D eigenvalue weighted by atomic mass is 9.99. The van der Waals surface area contributed by atoms with Crippen molar-refractivity contribution in [3.05, 3.63) is 64.9 Å². The van der Waals surface area contributed by atoms with Crippen LogP contribution in [0.25, 0.3) is 11.0 Å². The van der Waals surface area contributed by atoms with Crippen LogP contribution >= 0.6 is 0 Å². The smallest absolute Gasteiger partial charge is 0.255 e. The molecule has 2 heterocycles. The lowest BCUT2D eigenvalue weighted by Gasteiger charge is -2.33. The van der Waals surface area contributed by atoms with Gasteiger partial charge in [-0.3, -0.25) is 9.69 Å². The molecule has 1 fully saturated rings. The van der Waals surface area contributed by atoms with Gasteiger partial charge >= 0.3 is 0 Å². The predicted octanol–water partition coefficient (Wildman–Crippen LogP) is 4.75. The number of carbonyl (C=O) groups is 1. The molecule has 1 aliphatic rings. The van der Waals surface area contributed by atoms with Gasteiger partial charge in [0, 0.05) is 30.1 Å². The molecular weight excluding hydrogens is 364 g/mol. The van der Waals surface area contributed by atoms with E-state index in [0.29, 0.717) is 36.0 Å². The van der Waals surface area contributed by atoms with Gasteiger partial charge in [0.05, 0.1) is 5.56 Å². The summed E-state index contributed by atoms with van der Waals surface area (Å²) in [6.45, 7) is 6.10. The number of rotatable bonds is 5. The maximum absolute atomic E-state index is 13.1. The Balaban J connectivity index is 1.67. The summed E-state index contributed by atoms with van der Waals surface area (Å²) < 4.78 is 5.89. The Bertz CT molecular complexity index is 1010. The Morgan fingerprint density at radius 2 is 2.00 bits per heavy atom. The SMILES string of the molecule is Cc1oc2ccc(O)c(CN3CCCC[C@H]3C)c2c1C(=O)NCc1ccccc1. The summed E-state index contributed by atoms with van der Waals surface area (Å²) in [6, 6.07) is 13.7. The maximum atomic E-state index is 13.1. The van der Waals surface area contributed by atoms with Gasteiger partial charge in [0.2, 0.25) is 0 Å². The number of carbonyl (C=O) groups excluding carboxylic acids is 1. The number of phenols is 1.